The Hall–Kier alpha value is -2.89. The molecule has 6 heteroatoms. The van der Waals surface area contributed by atoms with Crippen LogP contribution in [-0.2, 0) is 30.2 Å². The number of Topliss-reactive ketones (excluding diaryl/α,β-unsaturated/α-hetero) is 1. The van der Waals surface area contributed by atoms with Crippen molar-refractivity contribution >= 4 is 28.9 Å². The number of halogens is 1. The van der Waals surface area contributed by atoms with Gasteiger partial charge in [0.25, 0.3) is 0 Å². The zero-order chi connectivity index (χ0) is 22.8. The van der Waals surface area contributed by atoms with Crippen molar-refractivity contribution in [2.24, 2.45) is 0 Å². The number of aryl methyl sites for hydroxylation is 1. The fraction of sp³-hybridized carbons (Fsp3) is 0.280. The fourth-order valence-electron chi connectivity index (χ4n) is 3.50. The molecule has 2 aromatic rings. The van der Waals surface area contributed by atoms with E-state index in [2.05, 4.69) is 6.58 Å². The van der Waals surface area contributed by atoms with Gasteiger partial charge in [-0.1, -0.05) is 49.4 Å². The summed E-state index contributed by atoms with van der Waals surface area (Å²) in [7, 11) is 1.39. The zero-order valence-electron chi connectivity index (χ0n) is 18.1. The third-order valence-electron chi connectivity index (χ3n) is 5.05. The highest BCUT2D eigenvalue weighted by atomic mass is 35.5. The topological polar surface area (TPSA) is 61.8 Å². The van der Waals surface area contributed by atoms with Crippen molar-refractivity contribution in [2.75, 3.05) is 13.7 Å². The first-order valence-electron chi connectivity index (χ1n) is 9.94. The summed E-state index contributed by atoms with van der Waals surface area (Å²) in [6.45, 7) is 8.98. The number of rotatable bonds is 6. The summed E-state index contributed by atoms with van der Waals surface area (Å²) in [4.78, 5) is 25.6. The summed E-state index contributed by atoms with van der Waals surface area (Å²) in [5.74, 6) is -0.778. The lowest BCUT2D eigenvalue weighted by Crippen LogP contribution is -2.40. The van der Waals surface area contributed by atoms with Crippen molar-refractivity contribution in [1.29, 1.82) is 0 Å². The van der Waals surface area contributed by atoms with E-state index in [1.54, 1.807) is 13.8 Å². The maximum absolute atomic E-state index is 13.4. The molecule has 0 atom stereocenters. The summed E-state index contributed by atoms with van der Waals surface area (Å²) in [5, 5.41) is 0.641. The molecule has 0 unspecified atom stereocenters. The molecule has 3 rings (SSSR count). The van der Waals surface area contributed by atoms with Crippen molar-refractivity contribution < 1.29 is 23.8 Å². The Bertz CT molecular complexity index is 1060. The average molecular weight is 441 g/mol. The van der Waals surface area contributed by atoms with Crippen molar-refractivity contribution in [3.05, 3.63) is 76.7 Å². The van der Waals surface area contributed by atoms with Gasteiger partial charge < -0.3 is 14.2 Å². The number of ether oxygens (including phenoxy) is 3. The minimum absolute atomic E-state index is 0.0225. The molecule has 5 nitrogen and oxygen atoms in total. The van der Waals surface area contributed by atoms with Crippen LogP contribution in [0.4, 0.5) is 0 Å². The van der Waals surface area contributed by atoms with E-state index in [9.17, 15) is 9.59 Å². The predicted molar refractivity (Wildman–Crippen MR) is 120 cm³/mol. The predicted octanol–water partition coefficient (Wildman–Crippen LogP) is 5.36. The number of benzene rings is 2. The van der Waals surface area contributed by atoms with Gasteiger partial charge in [-0.2, -0.15) is 0 Å². The van der Waals surface area contributed by atoms with E-state index in [1.165, 1.54) is 7.11 Å². The van der Waals surface area contributed by atoms with Gasteiger partial charge in [-0.05, 0) is 60.7 Å². The lowest BCUT2D eigenvalue weighted by atomic mass is 9.84. The van der Waals surface area contributed by atoms with Crippen LogP contribution in [0.25, 0.3) is 16.7 Å². The molecule has 1 aliphatic rings. The van der Waals surface area contributed by atoms with E-state index in [1.807, 2.05) is 49.4 Å². The molecule has 0 fully saturated rings. The number of hydrogen-bond donors (Lipinski definition) is 0. The van der Waals surface area contributed by atoms with Crippen LogP contribution in [0.15, 0.2) is 60.6 Å². The maximum atomic E-state index is 13.4. The van der Waals surface area contributed by atoms with E-state index >= 15 is 0 Å². The van der Waals surface area contributed by atoms with E-state index in [0.29, 0.717) is 17.0 Å². The van der Waals surface area contributed by atoms with Crippen LogP contribution in [0, 0.1) is 0 Å². The van der Waals surface area contributed by atoms with Crippen LogP contribution in [0.1, 0.15) is 31.9 Å². The molecule has 0 radical (unpaired) electrons. The summed E-state index contributed by atoms with van der Waals surface area (Å²) in [6.07, 6.45) is 0.681. The molecule has 0 aromatic heterocycles. The highest BCUT2D eigenvalue weighted by Crippen LogP contribution is 2.40. The van der Waals surface area contributed by atoms with Crippen LogP contribution in [0.3, 0.4) is 0 Å². The first-order valence-corrected chi connectivity index (χ1v) is 10.3. The summed E-state index contributed by atoms with van der Waals surface area (Å²) in [6, 6.07) is 13.3. The standard InChI is InChI=1S/C25H25ClO5/c1-6-16-7-8-18(17-9-11-19(26)12-10-17)13-20(16)22-23(30-21(27)14-29-5)15(2)31-25(3,4)24(22)28/h7-13H,2,6,14H2,1,3-5H3. The molecule has 1 heterocycles. The molecule has 0 saturated carbocycles. The largest absolute Gasteiger partial charge is 0.476 e. The summed E-state index contributed by atoms with van der Waals surface area (Å²) < 4.78 is 16.0. The summed E-state index contributed by atoms with van der Waals surface area (Å²) in [5.41, 5.74) is 2.60. The van der Waals surface area contributed by atoms with Gasteiger partial charge >= 0.3 is 5.97 Å². The van der Waals surface area contributed by atoms with Crippen LogP contribution < -0.4 is 0 Å². The van der Waals surface area contributed by atoms with Crippen LogP contribution >= 0.6 is 11.6 Å². The smallest absolute Gasteiger partial charge is 0.337 e. The molecule has 1 aliphatic heterocycles. The van der Waals surface area contributed by atoms with Gasteiger partial charge in [-0.3, -0.25) is 4.79 Å². The van der Waals surface area contributed by atoms with Crippen LogP contribution in [0.5, 0.6) is 0 Å². The third kappa shape index (κ3) is 4.73. The molecule has 0 saturated heterocycles. The third-order valence-corrected chi connectivity index (χ3v) is 5.30. The van der Waals surface area contributed by atoms with E-state index in [0.717, 1.165) is 16.7 Å². The highest BCUT2D eigenvalue weighted by Gasteiger charge is 2.42. The molecular formula is C25H25ClO5. The zero-order valence-corrected chi connectivity index (χ0v) is 18.8. The quantitative estimate of drug-likeness (QED) is 0.566. The first kappa shape index (κ1) is 22.8. The lowest BCUT2D eigenvalue weighted by molar-refractivity contribution is -0.145. The van der Waals surface area contributed by atoms with Crippen molar-refractivity contribution in [3.8, 4) is 11.1 Å². The Labute approximate surface area is 187 Å². The van der Waals surface area contributed by atoms with Crippen molar-refractivity contribution in [2.45, 2.75) is 32.8 Å². The van der Waals surface area contributed by atoms with Gasteiger partial charge in [-0.15, -0.1) is 0 Å². The SMILES string of the molecule is C=C1OC(C)(C)C(=O)C(c2cc(-c3ccc(Cl)cc3)ccc2CC)=C1OC(=O)COC. The number of methoxy groups -OCH3 is 1. The van der Waals surface area contributed by atoms with Crippen molar-refractivity contribution in [1.82, 2.24) is 0 Å². The minimum atomic E-state index is -1.15. The molecular weight excluding hydrogens is 416 g/mol. The Morgan fingerprint density at radius 1 is 1.13 bits per heavy atom. The maximum Gasteiger partial charge on any atom is 0.337 e. The number of esters is 1. The van der Waals surface area contributed by atoms with Gasteiger partial charge in [0.1, 0.15) is 6.61 Å². The molecule has 0 spiro atoms. The molecule has 0 aliphatic carbocycles. The fourth-order valence-corrected chi connectivity index (χ4v) is 3.62. The highest BCUT2D eigenvalue weighted by molar-refractivity contribution is 6.30. The average Bonchev–Trinajstić information content (AvgIpc) is 2.72. The van der Waals surface area contributed by atoms with Crippen LogP contribution in [0.2, 0.25) is 5.02 Å². The van der Waals surface area contributed by atoms with Crippen molar-refractivity contribution in [3.63, 3.8) is 0 Å². The van der Waals surface area contributed by atoms with E-state index in [4.69, 9.17) is 25.8 Å². The second-order valence-corrected chi connectivity index (χ2v) is 8.14. The van der Waals surface area contributed by atoms with Crippen LogP contribution in [-0.4, -0.2) is 31.1 Å². The number of ketones is 1. The second kappa shape index (κ2) is 9.08. The first-order chi connectivity index (χ1) is 14.7. The Balaban J connectivity index is 2.23. The Morgan fingerprint density at radius 2 is 1.77 bits per heavy atom. The number of hydrogen-bond acceptors (Lipinski definition) is 5. The van der Waals surface area contributed by atoms with Gasteiger partial charge in [0, 0.05) is 12.1 Å². The monoisotopic (exact) mass is 440 g/mol. The number of carbonyl (C=O) groups is 2. The molecule has 162 valence electrons. The normalized spacial score (nSPS) is 15.6. The Morgan fingerprint density at radius 3 is 2.39 bits per heavy atom. The van der Waals surface area contributed by atoms with Gasteiger partial charge in [0.05, 0.1) is 5.57 Å². The molecule has 0 bridgehead atoms. The molecule has 0 amide bonds. The second-order valence-electron chi connectivity index (χ2n) is 7.71. The Kier molecular flexibility index (Phi) is 6.68. The molecule has 31 heavy (non-hydrogen) atoms. The minimum Gasteiger partial charge on any atom is -0.476 e. The lowest BCUT2D eigenvalue weighted by Gasteiger charge is -2.34. The van der Waals surface area contributed by atoms with Gasteiger partial charge in [0.2, 0.25) is 5.78 Å². The van der Waals surface area contributed by atoms with Gasteiger partial charge in [-0.25, -0.2) is 4.79 Å². The van der Waals surface area contributed by atoms with E-state index < -0.39 is 11.6 Å². The summed E-state index contributed by atoms with van der Waals surface area (Å²) >= 11 is 6.03. The van der Waals surface area contributed by atoms with E-state index in [-0.39, 0.29) is 29.5 Å². The number of carbonyl (C=O) groups excluding carboxylic acids is 2. The molecule has 0 N–H and O–H groups in total. The van der Waals surface area contributed by atoms with Gasteiger partial charge in [0.15, 0.2) is 17.1 Å². The molecule has 2 aromatic carbocycles.